The van der Waals surface area contributed by atoms with Gasteiger partial charge in [0.1, 0.15) is 0 Å². The molecule has 0 fully saturated rings. The zero-order chi connectivity index (χ0) is 18.2. The Bertz CT molecular complexity index is 720. The van der Waals surface area contributed by atoms with Crippen LogP contribution in [0.3, 0.4) is 0 Å². The van der Waals surface area contributed by atoms with Crippen molar-refractivity contribution in [2.75, 3.05) is 17.2 Å². The molecule has 0 spiro atoms. The lowest BCUT2D eigenvalue weighted by Gasteiger charge is -2.16. The van der Waals surface area contributed by atoms with E-state index in [0.29, 0.717) is 21.4 Å². The Kier molecular flexibility index (Phi) is 6.91. The fourth-order valence-corrected chi connectivity index (χ4v) is 2.18. The molecule has 6 nitrogen and oxygen atoms in total. The summed E-state index contributed by atoms with van der Waals surface area (Å²) in [4.78, 5) is 23.7. The first-order valence-electron chi connectivity index (χ1n) is 7.56. The monoisotopic (exact) mass is 380 g/mol. The molecule has 0 bridgehead atoms. The number of hydrogen-bond acceptors (Lipinski definition) is 2. The fraction of sp³-hybridized carbons (Fsp3) is 0.176. The number of urea groups is 2. The normalized spacial score (nSPS) is 11.3. The van der Waals surface area contributed by atoms with E-state index in [0.717, 1.165) is 0 Å². The van der Waals surface area contributed by atoms with Crippen LogP contribution in [0.1, 0.15) is 6.92 Å². The maximum absolute atomic E-state index is 11.9. The highest BCUT2D eigenvalue weighted by Gasteiger charge is 2.09. The summed E-state index contributed by atoms with van der Waals surface area (Å²) in [5, 5.41) is 11.9. The van der Waals surface area contributed by atoms with Crippen molar-refractivity contribution in [2.24, 2.45) is 0 Å². The number of anilines is 2. The van der Waals surface area contributed by atoms with Gasteiger partial charge in [-0.3, -0.25) is 0 Å². The van der Waals surface area contributed by atoms with E-state index in [4.69, 9.17) is 23.2 Å². The average Bonchev–Trinajstić information content (AvgIpc) is 2.57. The lowest BCUT2D eigenvalue weighted by molar-refractivity contribution is 0.244. The molecular weight excluding hydrogens is 363 g/mol. The zero-order valence-corrected chi connectivity index (χ0v) is 15.0. The third kappa shape index (κ3) is 6.91. The molecule has 132 valence electrons. The smallest absolute Gasteiger partial charge is 0.319 e. The van der Waals surface area contributed by atoms with E-state index in [1.165, 1.54) is 0 Å². The minimum absolute atomic E-state index is 0.261. The molecule has 0 saturated carbocycles. The van der Waals surface area contributed by atoms with Gasteiger partial charge in [-0.15, -0.1) is 0 Å². The van der Waals surface area contributed by atoms with E-state index in [-0.39, 0.29) is 24.6 Å². The second-order valence-corrected chi connectivity index (χ2v) is 6.22. The van der Waals surface area contributed by atoms with Gasteiger partial charge in [-0.25, -0.2) is 9.59 Å². The van der Waals surface area contributed by atoms with Crippen LogP contribution in [-0.2, 0) is 0 Å². The number of amides is 4. The molecule has 1 atom stereocenters. The van der Waals surface area contributed by atoms with Gasteiger partial charge in [-0.05, 0) is 55.5 Å². The summed E-state index contributed by atoms with van der Waals surface area (Å²) in [5.74, 6) is 0. The molecule has 0 aliphatic rings. The first kappa shape index (κ1) is 18.9. The molecule has 2 aromatic rings. The van der Waals surface area contributed by atoms with E-state index in [9.17, 15) is 9.59 Å². The molecule has 0 aliphatic heterocycles. The van der Waals surface area contributed by atoms with Crippen molar-refractivity contribution in [3.8, 4) is 0 Å². The second kappa shape index (κ2) is 9.15. The van der Waals surface area contributed by atoms with Crippen LogP contribution in [0.15, 0.2) is 48.5 Å². The molecule has 2 rings (SSSR count). The van der Waals surface area contributed by atoms with Crippen LogP contribution >= 0.6 is 23.2 Å². The van der Waals surface area contributed by atoms with Gasteiger partial charge < -0.3 is 21.3 Å². The Morgan fingerprint density at radius 2 is 1.28 bits per heavy atom. The highest BCUT2D eigenvalue weighted by Crippen LogP contribution is 2.14. The zero-order valence-electron chi connectivity index (χ0n) is 13.5. The highest BCUT2D eigenvalue weighted by molar-refractivity contribution is 6.30. The fourth-order valence-electron chi connectivity index (χ4n) is 1.93. The lowest BCUT2D eigenvalue weighted by atomic mass is 10.3. The number of carbonyl (C=O) groups is 2. The molecule has 8 heteroatoms. The topological polar surface area (TPSA) is 82.3 Å². The summed E-state index contributed by atoms with van der Waals surface area (Å²) >= 11 is 11.6. The number of benzene rings is 2. The number of halogens is 2. The van der Waals surface area contributed by atoms with Gasteiger partial charge in [0.05, 0.1) is 0 Å². The van der Waals surface area contributed by atoms with Gasteiger partial charge in [0.2, 0.25) is 0 Å². The van der Waals surface area contributed by atoms with Crippen molar-refractivity contribution in [2.45, 2.75) is 13.0 Å². The lowest BCUT2D eigenvalue weighted by Crippen LogP contribution is -2.44. The van der Waals surface area contributed by atoms with E-state index in [1.54, 1.807) is 55.5 Å². The summed E-state index contributed by atoms with van der Waals surface area (Å²) in [7, 11) is 0. The van der Waals surface area contributed by atoms with Crippen molar-refractivity contribution in [3.05, 3.63) is 58.6 Å². The van der Waals surface area contributed by atoms with Crippen LogP contribution < -0.4 is 21.3 Å². The molecule has 2 aromatic carbocycles. The van der Waals surface area contributed by atoms with Crippen molar-refractivity contribution in [1.29, 1.82) is 0 Å². The van der Waals surface area contributed by atoms with Crippen LogP contribution in [0.25, 0.3) is 0 Å². The van der Waals surface area contributed by atoms with Crippen LogP contribution in [0.5, 0.6) is 0 Å². The number of rotatable bonds is 5. The van der Waals surface area contributed by atoms with Crippen LogP contribution in [0.2, 0.25) is 10.0 Å². The van der Waals surface area contributed by atoms with Gasteiger partial charge in [-0.2, -0.15) is 0 Å². The number of carbonyl (C=O) groups excluding carboxylic acids is 2. The number of hydrogen-bond donors (Lipinski definition) is 4. The van der Waals surface area contributed by atoms with Gasteiger partial charge >= 0.3 is 12.1 Å². The minimum Gasteiger partial charge on any atom is -0.336 e. The van der Waals surface area contributed by atoms with Gasteiger partial charge in [-0.1, -0.05) is 23.2 Å². The molecule has 4 amide bonds. The van der Waals surface area contributed by atoms with E-state index in [2.05, 4.69) is 21.3 Å². The first-order chi connectivity index (χ1) is 11.9. The van der Waals surface area contributed by atoms with Crippen LogP contribution in [0.4, 0.5) is 21.0 Å². The summed E-state index contributed by atoms with van der Waals surface area (Å²) in [5.41, 5.74) is 1.26. The molecule has 4 N–H and O–H groups in total. The predicted octanol–water partition coefficient (Wildman–Crippen LogP) is 4.33. The van der Waals surface area contributed by atoms with Crippen LogP contribution in [-0.4, -0.2) is 24.6 Å². The SMILES string of the molecule is CC(CNC(=O)Nc1ccc(Cl)cc1)NC(=O)Nc1ccc(Cl)cc1. The Labute approximate surface area is 155 Å². The molecular formula is C17H18Cl2N4O2. The van der Waals surface area contributed by atoms with Gasteiger partial charge in [0.25, 0.3) is 0 Å². The van der Waals surface area contributed by atoms with Crippen molar-refractivity contribution < 1.29 is 9.59 Å². The molecule has 1 unspecified atom stereocenters. The third-order valence-corrected chi connectivity index (χ3v) is 3.65. The van der Waals surface area contributed by atoms with E-state index in [1.807, 2.05) is 0 Å². The Hall–Kier alpha value is -2.44. The van der Waals surface area contributed by atoms with Gasteiger partial charge in [0.15, 0.2) is 0 Å². The minimum atomic E-state index is -0.367. The summed E-state index contributed by atoms with van der Waals surface area (Å²) < 4.78 is 0. The summed E-state index contributed by atoms with van der Waals surface area (Å²) in [6, 6.07) is 12.5. The summed E-state index contributed by atoms with van der Waals surface area (Å²) in [6.07, 6.45) is 0. The highest BCUT2D eigenvalue weighted by atomic mass is 35.5. The molecule has 0 aromatic heterocycles. The molecule has 0 saturated heterocycles. The molecule has 0 radical (unpaired) electrons. The van der Waals surface area contributed by atoms with E-state index < -0.39 is 0 Å². The maximum Gasteiger partial charge on any atom is 0.319 e. The standard InChI is InChI=1S/C17H18Cl2N4O2/c1-11(21-17(25)23-15-8-4-13(19)5-9-15)10-20-16(24)22-14-6-2-12(18)3-7-14/h2-9,11H,10H2,1H3,(H2,20,22,24)(H2,21,23,25). The Morgan fingerprint density at radius 1 is 0.840 bits per heavy atom. The van der Waals surface area contributed by atoms with Crippen molar-refractivity contribution in [1.82, 2.24) is 10.6 Å². The Morgan fingerprint density at radius 3 is 1.76 bits per heavy atom. The van der Waals surface area contributed by atoms with Crippen molar-refractivity contribution in [3.63, 3.8) is 0 Å². The van der Waals surface area contributed by atoms with Gasteiger partial charge in [0, 0.05) is 34.0 Å². The van der Waals surface area contributed by atoms with Crippen LogP contribution in [0, 0.1) is 0 Å². The van der Waals surface area contributed by atoms with Crippen molar-refractivity contribution >= 4 is 46.6 Å². The average molecular weight is 381 g/mol. The second-order valence-electron chi connectivity index (χ2n) is 5.35. The first-order valence-corrected chi connectivity index (χ1v) is 8.31. The maximum atomic E-state index is 11.9. The summed E-state index contributed by atoms with van der Waals surface area (Å²) in [6.45, 7) is 2.05. The third-order valence-electron chi connectivity index (χ3n) is 3.15. The molecule has 0 heterocycles. The molecule has 0 aliphatic carbocycles. The van der Waals surface area contributed by atoms with E-state index >= 15 is 0 Å². The number of nitrogens with one attached hydrogen (secondary N) is 4. The predicted molar refractivity (Wildman–Crippen MR) is 102 cm³/mol. The Balaban J connectivity index is 1.71. The quantitative estimate of drug-likeness (QED) is 0.622. The molecule has 25 heavy (non-hydrogen) atoms. The largest absolute Gasteiger partial charge is 0.336 e.